The largest absolute Gasteiger partial charge is 0.480 e. The Hall–Kier alpha value is -2.04. The van der Waals surface area contributed by atoms with Crippen molar-refractivity contribution in [2.75, 3.05) is 5.32 Å². The maximum atomic E-state index is 11.9. The first-order valence-electron chi connectivity index (χ1n) is 7.25. The first kappa shape index (κ1) is 17.0. The van der Waals surface area contributed by atoms with E-state index >= 15 is 0 Å². The Balaban J connectivity index is 2.65. The van der Waals surface area contributed by atoms with Gasteiger partial charge in [-0.25, -0.2) is 9.59 Å². The van der Waals surface area contributed by atoms with Crippen molar-refractivity contribution in [2.45, 2.75) is 46.1 Å². The number of urea groups is 1. The van der Waals surface area contributed by atoms with E-state index < -0.39 is 18.0 Å². The predicted molar refractivity (Wildman–Crippen MR) is 83.6 cm³/mol. The van der Waals surface area contributed by atoms with Crippen LogP contribution in [0.3, 0.4) is 0 Å². The van der Waals surface area contributed by atoms with Gasteiger partial charge in [-0.3, -0.25) is 0 Å². The van der Waals surface area contributed by atoms with Gasteiger partial charge in [-0.1, -0.05) is 46.2 Å². The second-order valence-electron chi connectivity index (χ2n) is 5.58. The van der Waals surface area contributed by atoms with E-state index in [1.807, 2.05) is 31.2 Å². The molecule has 0 bridgehead atoms. The van der Waals surface area contributed by atoms with Crippen molar-refractivity contribution in [2.24, 2.45) is 5.92 Å². The van der Waals surface area contributed by atoms with Gasteiger partial charge in [0.05, 0.1) is 0 Å². The molecule has 116 valence electrons. The molecular formula is C16H24N2O3. The molecule has 0 aliphatic heterocycles. The number of nitrogens with one attached hydrogen (secondary N) is 2. The summed E-state index contributed by atoms with van der Waals surface area (Å²) in [7, 11) is 0. The number of hydrogen-bond acceptors (Lipinski definition) is 2. The molecule has 5 nitrogen and oxygen atoms in total. The summed E-state index contributed by atoms with van der Waals surface area (Å²) < 4.78 is 0. The van der Waals surface area contributed by atoms with Gasteiger partial charge in [-0.2, -0.15) is 0 Å². The van der Waals surface area contributed by atoms with Gasteiger partial charge in [-0.15, -0.1) is 0 Å². The number of aliphatic carboxylic acids is 1. The summed E-state index contributed by atoms with van der Waals surface area (Å²) in [5, 5.41) is 14.3. The zero-order valence-corrected chi connectivity index (χ0v) is 13.0. The molecule has 0 aliphatic rings. The number of rotatable bonds is 6. The summed E-state index contributed by atoms with van der Waals surface area (Å²) in [6.45, 7) is 7.89. The van der Waals surface area contributed by atoms with Crippen molar-refractivity contribution in [1.82, 2.24) is 5.32 Å². The number of benzene rings is 1. The topological polar surface area (TPSA) is 78.4 Å². The van der Waals surface area contributed by atoms with Crippen molar-refractivity contribution < 1.29 is 14.7 Å². The summed E-state index contributed by atoms with van der Waals surface area (Å²) in [6.07, 6.45) is 0.681. The molecule has 3 N–H and O–H groups in total. The fourth-order valence-corrected chi connectivity index (χ4v) is 1.94. The van der Waals surface area contributed by atoms with Crippen LogP contribution >= 0.6 is 0 Å². The Bertz CT molecular complexity index is 483. The third kappa shape index (κ3) is 5.10. The van der Waals surface area contributed by atoms with Crippen molar-refractivity contribution in [3.05, 3.63) is 29.8 Å². The third-order valence-corrected chi connectivity index (χ3v) is 3.60. The molecular weight excluding hydrogens is 268 g/mol. The van der Waals surface area contributed by atoms with Crippen LogP contribution in [0.2, 0.25) is 0 Å². The van der Waals surface area contributed by atoms with E-state index in [4.69, 9.17) is 5.11 Å². The highest BCUT2D eigenvalue weighted by atomic mass is 16.4. The van der Waals surface area contributed by atoms with Crippen LogP contribution in [0.5, 0.6) is 0 Å². The van der Waals surface area contributed by atoms with Gasteiger partial charge in [-0.05, 0) is 29.5 Å². The smallest absolute Gasteiger partial charge is 0.326 e. The van der Waals surface area contributed by atoms with Crippen LogP contribution in [-0.4, -0.2) is 23.1 Å². The minimum absolute atomic E-state index is 0.128. The van der Waals surface area contributed by atoms with E-state index in [9.17, 15) is 9.59 Å². The zero-order chi connectivity index (χ0) is 16.0. The zero-order valence-electron chi connectivity index (χ0n) is 13.0. The Labute approximate surface area is 125 Å². The van der Waals surface area contributed by atoms with Crippen LogP contribution in [0.1, 0.15) is 45.6 Å². The molecule has 2 atom stereocenters. The fourth-order valence-electron chi connectivity index (χ4n) is 1.94. The average molecular weight is 292 g/mol. The van der Waals surface area contributed by atoms with Crippen LogP contribution in [0.4, 0.5) is 10.5 Å². The summed E-state index contributed by atoms with van der Waals surface area (Å²) in [5.41, 5.74) is 1.83. The maximum absolute atomic E-state index is 11.9. The van der Waals surface area contributed by atoms with Crippen LogP contribution in [0.15, 0.2) is 24.3 Å². The van der Waals surface area contributed by atoms with Gasteiger partial charge in [0.1, 0.15) is 6.04 Å². The molecule has 2 amide bonds. The van der Waals surface area contributed by atoms with Gasteiger partial charge in [0.2, 0.25) is 0 Å². The first-order chi connectivity index (χ1) is 9.85. The second kappa shape index (κ2) is 7.67. The SMILES string of the molecule is CC[C@H](C)[C@H](NC(=O)Nc1ccc(C(C)C)cc1)C(=O)O. The van der Waals surface area contributed by atoms with E-state index in [1.165, 1.54) is 5.56 Å². The Kier molecular flexibility index (Phi) is 6.21. The van der Waals surface area contributed by atoms with Crippen molar-refractivity contribution in [3.8, 4) is 0 Å². The van der Waals surface area contributed by atoms with Crippen molar-refractivity contribution in [1.29, 1.82) is 0 Å². The van der Waals surface area contributed by atoms with E-state index in [-0.39, 0.29) is 5.92 Å². The normalized spacial score (nSPS) is 13.6. The molecule has 0 radical (unpaired) electrons. The van der Waals surface area contributed by atoms with Gasteiger partial charge in [0, 0.05) is 5.69 Å². The first-order valence-corrected chi connectivity index (χ1v) is 7.25. The quantitative estimate of drug-likeness (QED) is 0.751. The lowest BCUT2D eigenvalue weighted by molar-refractivity contribution is -0.140. The number of anilines is 1. The van der Waals surface area contributed by atoms with E-state index in [2.05, 4.69) is 24.5 Å². The average Bonchev–Trinajstić information content (AvgIpc) is 2.44. The van der Waals surface area contributed by atoms with Gasteiger partial charge >= 0.3 is 12.0 Å². The Morgan fingerprint density at radius 2 is 1.71 bits per heavy atom. The summed E-state index contributed by atoms with van der Waals surface area (Å²) in [4.78, 5) is 23.0. The number of carbonyl (C=O) groups excluding carboxylic acids is 1. The van der Waals surface area contributed by atoms with Gasteiger partial charge < -0.3 is 15.7 Å². The lowest BCUT2D eigenvalue weighted by atomic mass is 9.99. The molecule has 0 saturated heterocycles. The van der Waals surface area contributed by atoms with Crippen LogP contribution in [-0.2, 0) is 4.79 Å². The Morgan fingerprint density at radius 1 is 1.14 bits per heavy atom. The van der Waals surface area contributed by atoms with Gasteiger partial charge in [0.25, 0.3) is 0 Å². The maximum Gasteiger partial charge on any atom is 0.326 e. The van der Waals surface area contributed by atoms with Gasteiger partial charge in [0.15, 0.2) is 0 Å². The Morgan fingerprint density at radius 3 is 2.14 bits per heavy atom. The fraction of sp³-hybridized carbons (Fsp3) is 0.500. The molecule has 0 heterocycles. The number of hydrogen-bond donors (Lipinski definition) is 3. The summed E-state index contributed by atoms with van der Waals surface area (Å²) in [6, 6.07) is 6.14. The van der Waals surface area contributed by atoms with E-state index in [0.717, 1.165) is 0 Å². The van der Waals surface area contributed by atoms with Crippen molar-refractivity contribution >= 4 is 17.7 Å². The third-order valence-electron chi connectivity index (χ3n) is 3.60. The monoisotopic (exact) mass is 292 g/mol. The minimum Gasteiger partial charge on any atom is -0.480 e. The molecule has 0 aliphatic carbocycles. The number of carbonyl (C=O) groups is 2. The summed E-state index contributed by atoms with van der Waals surface area (Å²) >= 11 is 0. The highest BCUT2D eigenvalue weighted by Crippen LogP contribution is 2.17. The lowest BCUT2D eigenvalue weighted by Gasteiger charge is -2.20. The molecule has 21 heavy (non-hydrogen) atoms. The lowest BCUT2D eigenvalue weighted by Crippen LogP contribution is -2.46. The molecule has 0 spiro atoms. The highest BCUT2D eigenvalue weighted by Gasteiger charge is 2.25. The molecule has 0 unspecified atom stereocenters. The molecule has 5 heteroatoms. The number of amides is 2. The number of carboxylic acid groups (broad SMARTS) is 1. The predicted octanol–water partition coefficient (Wildman–Crippen LogP) is 3.43. The van der Waals surface area contributed by atoms with Crippen molar-refractivity contribution in [3.63, 3.8) is 0 Å². The van der Waals surface area contributed by atoms with E-state index in [0.29, 0.717) is 18.0 Å². The van der Waals surface area contributed by atoms with E-state index in [1.54, 1.807) is 6.92 Å². The highest BCUT2D eigenvalue weighted by molar-refractivity contribution is 5.92. The molecule has 0 fully saturated rings. The van der Waals surface area contributed by atoms with Crippen LogP contribution in [0, 0.1) is 5.92 Å². The molecule has 1 rings (SSSR count). The molecule has 0 aromatic heterocycles. The number of carboxylic acids is 1. The standard InChI is InChI=1S/C16H24N2O3/c1-5-11(4)14(15(19)20)18-16(21)17-13-8-6-12(7-9-13)10(2)3/h6-11,14H,5H2,1-4H3,(H,19,20)(H2,17,18,21)/t11-,14-/m0/s1. The minimum atomic E-state index is -1.02. The molecule has 1 aromatic rings. The van der Waals surface area contributed by atoms with Crippen LogP contribution < -0.4 is 10.6 Å². The summed E-state index contributed by atoms with van der Waals surface area (Å²) in [5.74, 6) is -0.721. The van der Waals surface area contributed by atoms with Crippen LogP contribution in [0.25, 0.3) is 0 Å². The molecule has 0 saturated carbocycles. The molecule has 1 aromatic carbocycles. The second-order valence-corrected chi connectivity index (χ2v) is 5.58.